The van der Waals surface area contributed by atoms with Crippen LogP contribution in [0.3, 0.4) is 0 Å². The Morgan fingerprint density at radius 2 is 1.65 bits per heavy atom. The predicted molar refractivity (Wildman–Crippen MR) is 140 cm³/mol. The van der Waals surface area contributed by atoms with Crippen LogP contribution in [0.25, 0.3) is 11.1 Å². The lowest BCUT2D eigenvalue weighted by Crippen LogP contribution is -2.22. The van der Waals surface area contributed by atoms with Gasteiger partial charge in [0.15, 0.2) is 0 Å². The van der Waals surface area contributed by atoms with Crippen molar-refractivity contribution < 1.29 is 27.8 Å². The zero-order valence-corrected chi connectivity index (χ0v) is 20.9. The molecule has 7 heteroatoms. The van der Waals surface area contributed by atoms with E-state index in [9.17, 15) is 23.1 Å². The second kappa shape index (κ2) is 11.1. The Kier molecular flexibility index (Phi) is 7.91. The molecule has 0 bridgehead atoms. The summed E-state index contributed by atoms with van der Waals surface area (Å²) in [6, 6.07) is 18.3. The average molecular weight is 510 g/mol. The van der Waals surface area contributed by atoms with Crippen molar-refractivity contribution in [2.24, 2.45) is 0 Å². The molecule has 3 aromatic rings. The van der Waals surface area contributed by atoms with E-state index in [4.69, 9.17) is 4.74 Å². The Balaban J connectivity index is 1.84. The smallest absolute Gasteiger partial charge is 0.416 e. The highest BCUT2D eigenvalue weighted by molar-refractivity contribution is 5.97. The van der Waals surface area contributed by atoms with E-state index in [0.29, 0.717) is 37.2 Å². The van der Waals surface area contributed by atoms with Crippen molar-refractivity contribution in [2.75, 3.05) is 18.0 Å². The molecule has 0 unspecified atom stereocenters. The van der Waals surface area contributed by atoms with Crippen molar-refractivity contribution in [3.8, 4) is 5.75 Å². The van der Waals surface area contributed by atoms with Crippen LogP contribution >= 0.6 is 0 Å². The molecule has 4 rings (SSSR count). The summed E-state index contributed by atoms with van der Waals surface area (Å²) >= 11 is 0. The molecule has 1 aliphatic carbocycles. The van der Waals surface area contributed by atoms with Crippen LogP contribution in [0, 0.1) is 0 Å². The number of alkyl halides is 3. The van der Waals surface area contributed by atoms with Crippen molar-refractivity contribution in [2.45, 2.75) is 45.9 Å². The molecule has 0 radical (unpaired) electrons. The van der Waals surface area contributed by atoms with E-state index in [1.807, 2.05) is 50.2 Å². The van der Waals surface area contributed by atoms with Gasteiger partial charge in [0.1, 0.15) is 12.4 Å². The third-order valence-corrected chi connectivity index (χ3v) is 6.73. The van der Waals surface area contributed by atoms with Crippen molar-refractivity contribution in [1.82, 2.24) is 0 Å². The van der Waals surface area contributed by atoms with Crippen LogP contribution in [0.4, 0.5) is 18.9 Å². The number of carbonyl (C=O) groups is 1. The minimum Gasteiger partial charge on any atom is -0.488 e. The van der Waals surface area contributed by atoms with Crippen LogP contribution in [0.15, 0.2) is 66.7 Å². The number of carboxylic acid groups (broad SMARTS) is 1. The molecule has 1 N–H and O–H groups in total. The van der Waals surface area contributed by atoms with Gasteiger partial charge in [0, 0.05) is 24.3 Å². The van der Waals surface area contributed by atoms with Gasteiger partial charge in [0.2, 0.25) is 0 Å². The van der Waals surface area contributed by atoms with Crippen LogP contribution in [0.2, 0.25) is 0 Å². The van der Waals surface area contributed by atoms with E-state index < -0.39 is 17.7 Å². The zero-order chi connectivity index (χ0) is 26.6. The third kappa shape index (κ3) is 5.98. The van der Waals surface area contributed by atoms with Gasteiger partial charge >= 0.3 is 12.1 Å². The van der Waals surface area contributed by atoms with Gasteiger partial charge in [-0.05, 0) is 91.8 Å². The summed E-state index contributed by atoms with van der Waals surface area (Å²) in [7, 11) is 0. The minimum absolute atomic E-state index is 0.155. The highest BCUT2D eigenvalue weighted by atomic mass is 19.4. The molecule has 0 heterocycles. The number of nitrogens with zero attached hydrogens (tertiary/aromatic N) is 1. The average Bonchev–Trinajstić information content (AvgIpc) is 3.38. The van der Waals surface area contributed by atoms with Gasteiger partial charge < -0.3 is 14.7 Å². The summed E-state index contributed by atoms with van der Waals surface area (Å²) in [5.41, 5.74) is 3.86. The molecular formula is C30H30F3NO3. The number of anilines is 1. The SMILES string of the molecule is CCN(CC)c1cc(C(=O)O)cc(C2=C(c3cc(C(F)(F)F)ccc3OCc3ccccc3)CCC2)c1. The maximum atomic E-state index is 13.7. The zero-order valence-electron chi connectivity index (χ0n) is 20.9. The number of ether oxygens (including phenoxy) is 1. The van der Waals surface area contributed by atoms with E-state index in [1.165, 1.54) is 6.07 Å². The molecule has 0 saturated carbocycles. The first-order valence-corrected chi connectivity index (χ1v) is 12.4. The predicted octanol–water partition coefficient (Wildman–Crippen LogP) is 7.92. The van der Waals surface area contributed by atoms with Crippen molar-refractivity contribution in [3.63, 3.8) is 0 Å². The van der Waals surface area contributed by atoms with E-state index in [0.717, 1.165) is 46.5 Å². The van der Waals surface area contributed by atoms with Crippen LogP contribution in [-0.4, -0.2) is 24.2 Å². The Hall–Kier alpha value is -3.74. The Morgan fingerprint density at radius 3 is 2.30 bits per heavy atom. The van der Waals surface area contributed by atoms with Gasteiger partial charge in [-0.1, -0.05) is 30.3 Å². The quantitative estimate of drug-likeness (QED) is 0.318. The molecule has 0 spiro atoms. The maximum absolute atomic E-state index is 13.7. The third-order valence-electron chi connectivity index (χ3n) is 6.73. The number of allylic oxidation sites excluding steroid dienone is 2. The molecule has 3 aromatic carbocycles. The molecule has 1 aliphatic rings. The summed E-state index contributed by atoms with van der Waals surface area (Å²) in [4.78, 5) is 14.0. The second-order valence-electron chi connectivity index (χ2n) is 9.04. The molecule has 0 saturated heterocycles. The fourth-order valence-electron chi connectivity index (χ4n) is 4.84. The maximum Gasteiger partial charge on any atom is 0.416 e. The first kappa shape index (κ1) is 26.3. The normalized spacial score (nSPS) is 13.6. The molecule has 194 valence electrons. The highest BCUT2D eigenvalue weighted by Gasteiger charge is 2.32. The van der Waals surface area contributed by atoms with Gasteiger partial charge in [0.05, 0.1) is 11.1 Å². The lowest BCUT2D eigenvalue weighted by molar-refractivity contribution is -0.137. The van der Waals surface area contributed by atoms with Gasteiger partial charge in [-0.3, -0.25) is 0 Å². The van der Waals surface area contributed by atoms with E-state index in [-0.39, 0.29) is 12.2 Å². The second-order valence-corrected chi connectivity index (χ2v) is 9.04. The summed E-state index contributed by atoms with van der Waals surface area (Å²) in [5.74, 6) is -0.661. The fourth-order valence-corrected chi connectivity index (χ4v) is 4.84. The molecule has 0 amide bonds. The Bertz CT molecular complexity index is 1300. The first-order chi connectivity index (χ1) is 17.7. The highest BCUT2D eigenvalue weighted by Crippen LogP contribution is 2.45. The standard InChI is InChI=1S/C30H30F3NO3/c1-3-34(4-2)24-16-21(15-22(17-24)29(35)36)25-11-8-12-26(25)27-18-23(30(31,32)33)13-14-28(27)37-19-20-9-6-5-7-10-20/h5-7,9-10,13-18H,3-4,8,11-12,19H2,1-2H3,(H,35,36). The van der Waals surface area contributed by atoms with Crippen LogP contribution in [0.5, 0.6) is 5.75 Å². The first-order valence-electron chi connectivity index (χ1n) is 12.4. The van der Waals surface area contributed by atoms with Gasteiger partial charge in [-0.15, -0.1) is 0 Å². The molecule has 0 aliphatic heterocycles. The number of benzene rings is 3. The summed E-state index contributed by atoms with van der Waals surface area (Å²) in [6.07, 6.45) is -2.51. The monoisotopic (exact) mass is 509 g/mol. The van der Waals surface area contributed by atoms with Gasteiger partial charge in [-0.25, -0.2) is 4.79 Å². The van der Waals surface area contributed by atoms with Crippen molar-refractivity contribution in [1.29, 1.82) is 0 Å². The largest absolute Gasteiger partial charge is 0.488 e. The lowest BCUT2D eigenvalue weighted by Gasteiger charge is -2.23. The molecule has 0 atom stereocenters. The van der Waals surface area contributed by atoms with E-state index in [2.05, 4.69) is 4.90 Å². The Labute approximate surface area is 215 Å². The number of carboxylic acids is 1. The molecule has 4 nitrogen and oxygen atoms in total. The number of hydrogen-bond acceptors (Lipinski definition) is 3. The van der Waals surface area contributed by atoms with Crippen molar-refractivity contribution in [3.05, 3.63) is 94.5 Å². The van der Waals surface area contributed by atoms with Crippen molar-refractivity contribution >= 4 is 22.8 Å². The minimum atomic E-state index is -4.49. The summed E-state index contributed by atoms with van der Waals surface area (Å²) in [5, 5.41) is 9.76. The fraction of sp³-hybridized carbons (Fsp3) is 0.300. The molecule has 0 fully saturated rings. The van der Waals surface area contributed by atoms with E-state index in [1.54, 1.807) is 12.1 Å². The van der Waals surface area contributed by atoms with E-state index >= 15 is 0 Å². The topological polar surface area (TPSA) is 49.8 Å². The van der Waals surface area contributed by atoms with Crippen LogP contribution in [0.1, 0.15) is 65.7 Å². The van der Waals surface area contributed by atoms with Crippen LogP contribution < -0.4 is 9.64 Å². The number of aromatic carboxylic acids is 1. The number of rotatable bonds is 9. The molecule has 37 heavy (non-hydrogen) atoms. The summed E-state index contributed by atoms with van der Waals surface area (Å²) in [6.45, 7) is 5.63. The number of halogens is 3. The lowest BCUT2D eigenvalue weighted by atomic mass is 9.93. The molecule has 0 aromatic heterocycles. The summed E-state index contributed by atoms with van der Waals surface area (Å²) < 4.78 is 47.1. The Morgan fingerprint density at radius 1 is 0.946 bits per heavy atom. The van der Waals surface area contributed by atoms with Gasteiger partial charge in [-0.2, -0.15) is 13.2 Å². The van der Waals surface area contributed by atoms with Crippen LogP contribution in [-0.2, 0) is 12.8 Å². The van der Waals surface area contributed by atoms with Gasteiger partial charge in [0.25, 0.3) is 0 Å². The molecular weight excluding hydrogens is 479 g/mol. The number of hydrogen-bond donors (Lipinski definition) is 1.